The fraction of sp³-hybridized carbons (Fsp3) is 0.778. The Bertz CT molecular complexity index is 117. The maximum atomic E-state index is 8.81. The van der Waals surface area contributed by atoms with Gasteiger partial charge in [0.15, 0.2) is 0 Å². The lowest BCUT2D eigenvalue weighted by Crippen LogP contribution is -2.32. The first-order valence-electron chi connectivity index (χ1n) is 4.29. The van der Waals surface area contributed by atoms with E-state index in [4.69, 9.17) is 10.2 Å². The molecule has 2 N–H and O–H groups in total. The van der Waals surface area contributed by atoms with E-state index in [0.717, 1.165) is 13.1 Å². The molecule has 0 aliphatic carbocycles. The molecule has 0 fully saturated rings. The molecule has 0 aliphatic rings. The van der Waals surface area contributed by atoms with Crippen molar-refractivity contribution in [3.63, 3.8) is 0 Å². The molecule has 0 bridgehead atoms. The van der Waals surface area contributed by atoms with E-state index in [1.165, 1.54) is 0 Å². The van der Waals surface area contributed by atoms with Crippen LogP contribution in [0.4, 0.5) is 0 Å². The Morgan fingerprint density at radius 2 is 2.17 bits per heavy atom. The van der Waals surface area contributed by atoms with Crippen molar-refractivity contribution in [3.05, 3.63) is 12.7 Å². The van der Waals surface area contributed by atoms with Gasteiger partial charge in [0, 0.05) is 26.2 Å². The lowest BCUT2D eigenvalue weighted by Gasteiger charge is -2.22. The van der Waals surface area contributed by atoms with Gasteiger partial charge in [0.1, 0.15) is 0 Å². The average molecular weight is 173 g/mol. The molecule has 1 unspecified atom stereocenters. The Labute approximate surface area is 74.3 Å². The van der Waals surface area contributed by atoms with Crippen LogP contribution >= 0.6 is 0 Å². The highest BCUT2D eigenvalue weighted by Crippen LogP contribution is 1.98. The summed E-state index contributed by atoms with van der Waals surface area (Å²) in [4.78, 5) is 2.06. The Morgan fingerprint density at radius 1 is 1.50 bits per heavy atom. The van der Waals surface area contributed by atoms with E-state index >= 15 is 0 Å². The van der Waals surface area contributed by atoms with Crippen LogP contribution in [0.2, 0.25) is 0 Å². The van der Waals surface area contributed by atoms with Crippen molar-refractivity contribution in [1.29, 1.82) is 0 Å². The first-order chi connectivity index (χ1) is 5.74. The van der Waals surface area contributed by atoms with Gasteiger partial charge >= 0.3 is 0 Å². The SMILES string of the molecule is C=CCN(CCO)CC(C)CO. The molecule has 3 heteroatoms. The number of hydrogen-bond donors (Lipinski definition) is 2. The minimum Gasteiger partial charge on any atom is -0.396 e. The third-order valence-electron chi connectivity index (χ3n) is 1.69. The minimum atomic E-state index is 0.159. The zero-order valence-electron chi connectivity index (χ0n) is 7.74. The van der Waals surface area contributed by atoms with Gasteiger partial charge in [-0.2, -0.15) is 0 Å². The molecule has 0 saturated carbocycles. The molecule has 0 aliphatic heterocycles. The third kappa shape index (κ3) is 5.29. The number of rotatable bonds is 7. The summed E-state index contributed by atoms with van der Waals surface area (Å²) >= 11 is 0. The van der Waals surface area contributed by atoms with Gasteiger partial charge in [-0.15, -0.1) is 6.58 Å². The van der Waals surface area contributed by atoms with E-state index in [0.29, 0.717) is 6.54 Å². The second kappa shape index (κ2) is 7.28. The second-order valence-electron chi connectivity index (χ2n) is 3.06. The largest absolute Gasteiger partial charge is 0.396 e. The summed E-state index contributed by atoms with van der Waals surface area (Å²) in [5.74, 6) is 0.261. The van der Waals surface area contributed by atoms with Crippen molar-refractivity contribution >= 4 is 0 Å². The molecule has 0 radical (unpaired) electrons. The topological polar surface area (TPSA) is 43.7 Å². The van der Waals surface area contributed by atoms with Gasteiger partial charge < -0.3 is 10.2 Å². The lowest BCUT2D eigenvalue weighted by molar-refractivity contribution is 0.157. The monoisotopic (exact) mass is 173 g/mol. The lowest BCUT2D eigenvalue weighted by atomic mass is 10.2. The summed E-state index contributed by atoms with van der Waals surface area (Å²) in [5.41, 5.74) is 0. The third-order valence-corrected chi connectivity index (χ3v) is 1.69. The highest BCUT2D eigenvalue weighted by molar-refractivity contribution is 4.74. The van der Waals surface area contributed by atoms with E-state index in [9.17, 15) is 0 Å². The molecule has 0 saturated heterocycles. The van der Waals surface area contributed by atoms with Crippen LogP contribution < -0.4 is 0 Å². The summed E-state index contributed by atoms with van der Waals surface area (Å²) < 4.78 is 0. The fourth-order valence-electron chi connectivity index (χ4n) is 1.08. The fourth-order valence-corrected chi connectivity index (χ4v) is 1.08. The van der Waals surface area contributed by atoms with Gasteiger partial charge in [-0.25, -0.2) is 0 Å². The second-order valence-corrected chi connectivity index (χ2v) is 3.06. The van der Waals surface area contributed by atoms with Crippen LogP contribution in [0.1, 0.15) is 6.92 Å². The van der Waals surface area contributed by atoms with Gasteiger partial charge in [0.05, 0.1) is 6.61 Å². The number of aliphatic hydroxyl groups excluding tert-OH is 2. The van der Waals surface area contributed by atoms with Crippen molar-refractivity contribution in [3.8, 4) is 0 Å². The molecule has 72 valence electrons. The van der Waals surface area contributed by atoms with Crippen molar-refractivity contribution in [1.82, 2.24) is 4.90 Å². The Kier molecular flexibility index (Phi) is 7.05. The van der Waals surface area contributed by atoms with Gasteiger partial charge in [-0.3, -0.25) is 4.90 Å². The number of aliphatic hydroxyl groups is 2. The summed E-state index contributed by atoms with van der Waals surface area (Å²) in [6, 6.07) is 0. The zero-order valence-corrected chi connectivity index (χ0v) is 7.74. The normalized spacial score (nSPS) is 13.3. The standard InChI is InChI=1S/C9H19NO2/c1-3-4-10(5-6-11)7-9(2)8-12/h3,9,11-12H,1,4-8H2,2H3. The molecule has 0 rings (SSSR count). The van der Waals surface area contributed by atoms with Crippen molar-refractivity contribution in [2.75, 3.05) is 32.8 Å². The van der Waals surface area contributed by atoms with Crippen molar-refractivity contribution in [2.24, 2.45) is 5.92 Å². The van der Waals surface area contributed by atoms with E-state index in [1.807, 2.05) is 6.92 Å². The summed E-state index contributed by atoms with van der Waals surface area (Å²) in [5, 5.41) is 17.5. The molecule has 12 heavy (non-hydrogen) atoms. The van der Waals surface area contributed by atoms with Crippen LogP contribution in [0.3, 0.4) is 0 Å². The van der Waals surface area contributed by atoms with Crippen LogP contribution in [0.5, 0.6) is 0 Å². The molecular weight excluding hydrogens is 154 g/mol. The average Bonchev–Trinajstić information content (AvgIpc) is 2.05. The minimum absolute atomic E-state index is 0.159. The van der Waals surface area contributed by atoms with Crippen LogP contribution in [-0.4, -0.2) is 48.0 Å². The molecule has 0 amide bonds. The first kappa shape index (κ1) is 11.6. The molecule has 3 nitrogen and oxygen atoms in total. The summed E-state index contributed by atoms with van der Waals surface area (Å²) in [6.07, 6.45) is 1.81. The molecule has 1 atom stereocenters. The molecule has 0 aromatic heterocycles. The summed E-state index contributed by atoms with van der Waals surface area (Å²) in [7, 11) is 0. The van der Waals surface area contributed by atoms with Crippen LogP contribution in [0, 0.1) is 5.92 Å². The molecule has 0 aromatic carbocycles. The highest BCUT2D eigenvalue weighted by atomic mass is 16.3. The van der Waals surface area contributed by atoms with Crippen molar-refractivity contribution < 1.29 is 10.2 Å². The maximum Gasteiger partial charge on any atom is 0.0558 e. The van der Waals surface area contributed by atoms with Gasteiger partial charge in [-0.05, 0) is 5.92 Å². The van der Waals surface area contributed by atoms with Crippen LogP contribution in [0.15, 0.2) is 12.7 Å². The molecule has 0 spiro atoms. The Balaban J connectivity index is 3.68. The Hall–Kier alpha value is -0.380. The van der Waals surface area contributed by atoms with Crippen LogP contribution in [0.25, 0.3) is 0 Å². The van der Waals surface area contributed by atoms with Gasteiger partial charge in [-0.1, -0.05) is 13.0 Å². The number of nitrogens with zero attached hydrogens (tertiary/aromatic N) is 1. The smallest absolute Gasteiger partial charge is 0.0558 e. The van der Waals surface area contributed by atoms with E-state index < -0.39 is 0 Å². The van der Waals surface area contributed by atoms with Gasteiger partial charge in [0.2, 0.25) is 0 Å². The Morgan fingerprint density at radius 3 is 2.58 bits per heavy atom. The highest BCUT2D eigenvalue weighted by Gasteiger charge is 2.06. The molecule has 0 heterocycles. The quantitative estimate of drug-likeness (QED) is 0.536. The first-order valence-corrected chi connectivity index (χ1v) is 4.29. The van der Waals surface area contributed by atoms with E-state index in [1.54, 1.807) is 6.08 Å². The van der Waals surface area contributed by atoms with Crippen LogP contribution in [-0.2, 0) is 0 Å². The van der Waals surface area contributed by atoms with E-state index in [2.05, 4.69) is 11.5 Å². The summed E-state index contributed by atoms with van der Waals surface area (Å²) in [6.45, 7) is 8.19. The van der Waals surface area contributed by atoms with Crippen molar-refractivity contribution in [2.45, 2.75) is 6.92 Å². The van der Waals surface area contributed by atoms with E-state index in [-0.39, 0.29) is 19.1 Å². The van der Waals surface area contributed by atoms with Gasteiger partial charge in [0.25, 0.3) is 0 Å². The zero-order chi connectivity index (χ0) is 9.40. The maximum absolute atomic E-state index is 8.81. The molecular formula is C9H19NO2. The predicted octanol–water partition coefficient (Wildman–Crippen LogP) is 0.0951. The number of hydrogen-bond acceptors (Lipinski definition) is 3. The molecule has 0 aromatic rings. The predicted molar refractivity (Wildman–Crippen MR) is 50.0 cm³/mol.